The first-order chi connectivity index (χ1) is 7.16. The molecule has 4 nitrogen and oxygen atoms in total. The molecule has 0 spiro atoms. The second kappa shape index (κ2) is 4.33. The molecule has 2 rings (SSSR count). The molecule has 15 heavy (non-hydrogen) atoms. The Kier molecular flexibility index (Phi) is 3.07. The van der Waals surface area contributed by atoms with Crippen LogP contribution in [-0.2, 0) is 0 Å². The van der Waals surface area contributed by atoms with E-state index in [4.69, 9.17) is 11.6 Å². The molecule has 0 aliphatic carbocycles. The number of aliphatic hydroxyl groups excluding tert-OH is 1. The van der Waals surface area contributed by atoms with Gasteiger partial charge >= 0.3 is 0 Å². The van der Waals surface area contributed by atoms with Gasteiger partial charge in [0.2, 0.25) is 5.95 Å². The first-order valence-electron chi connectivity index (χ1n) is 5.07. The number of aliphatic hydroxyl groups is 1. The van der Waals surface area contributed by atoms with E-state index in [1.54, 1.807) is 12.4 Å². The van der Waals surface area contributed by atoms with Gasteiger partial charge in [-0.15, -0.1) is 0 Å². The summed E-state index contributed by atoms with van der Waals surface area (Å²) in [6.45, 7) is 3.63. The maximum absolute atomic E-state index is 9.60. The van der Waals surface area contributed by atoms with Crippen LogP contribution < -0.4 is 4.90 Å². The molecule has 1 N–H and O–H groups in total. The van der Waals surface area contributed by atoms with Crippen molar-refractivity contribution in [2.45, 2.75) is 19.4 Å². The minimum absolute atomic E-state index is 0.200. The lowest BCUT2D eigenvalue weighted by molar-refractivity contribution is 0.0966. The zero-order chi connectivity index (χ0) is 10.8. The van der Waals surface area contributed by atoms with Gasteiger partial charge < -0.3 is 10.0 Å². The van der Waals surface area contributed by atoms with Gasteiger partial charge in [-0.05, 0) is 12.3 Å². The summed E-state index contributed by atoms with van der Waals surface area (Å²) >= 11 is 5.72. The van der Waals surface area contributed by atoms with Gasteiger partial charge in [0, 0.05) is 13.1 Å². The highest BCUT2D eigenvalue weighted by atomic mass is 35.5. The molecule has 1 aliphatic rings. The van der Waals surface area contributed by atoms with Crippen LogP contribution in [-0.4, -0.2) is 34.3 Å². The minimum atomic E-state index is -0.200. The lowest BCUT2D eigenvalue weighted by atomic mass is 9.97. The summed E-state index contributed by atoms with van der Waals surface area (Å²) < 4.78 is 0. The average molecular weight is 228 g/mol. The van der Waals surface area contributed by atoms with Crippen LogP contribution in [0.4, 0.5) is 5.95 Å². The van der Waals surface area contributed by atoms with Gasteiger partial charge in [0.15, 0.2) is 0 Å². The summed E-state index contributed by atoms with van der Waals surface area (Å²) in [5, 5.41) is 10.1. The van der Waals surface area contributed by atoms with Crippen molar-refractivity contribution in [2.75, 3.05) is 18.0 Å². The fraction of sp³-hybridized carbons (Fsp3) is 0.600. The first kappa shape index (κ1) is 10.6. The predicted octanol–water partition coefficient (Wildman–Crippen LogP) is 1.34. The molecule has 0 amide bonds. The molecule has 0 saturated carbocycles. The van der Waals surface area contributed by atoms with E-state index in [1.807, 2.05) is 6.92 Å². The molecule has 0 aromatic carbocycles. The molecule has 1 fully saturated rings. The zero-order valence-electron chi connectivity index (χ0n) is 8.60. The fourth-order valence-corrected chi connectivity index (χ4v) is 1.88. The Bertz CT molecular complexity index is 330. The van der Waals surface area contributed by atoms with E-state index in [0.717, 1.165) is 19.5 Å². The second-order valence-electron chi connectivity index (χ2n) is 3.98. The third-order valence-electron chi connectivity index (χ3n) is 2.75. The summed E-state index contributed by atoms with van der Waals surface area (Å²) in [5.74, 6) is 0.955. The Morgan fingerprint density at radius 2 is 2.13 bits per heavy atom. The van der Waals surface area contributed by atoms with Gasteiger partial charge in [0.1, 0.15) is 0 Å². The molecule has 2 unspecified atom stereocenters. The Balaban J connectivity index is 2.08. The van der Waals surface area contributed by atoms with Crippen molar-refractivity contribution in [1.29, 1.82) is 0 Å². The first-order valence-corrected chi connectivity index (χ1v) is 5.45. The van der Waals surface area contributed by atoms with Crippen LogP contribution in [0.2, 0.25) is 5.02 Å². The number of rotatable bonds is 1. The molecule has 0 radical (unpaired) electrons. The molecular formula is C10H14ClN3O. The van der Waals surface area contributed by atoms with E-state index in [1.165, 1.54) is 0 Å². The molecular weight excluding hydrogens is 214 g/mol. The van der Waals surface area contributed by atoms with E-state index in [0.29, 0.717) is 11.0 Å². The number of nitrogens with zero attached hydrogens (tertiary/aromatic N) is 3. The Hall–Kier alpha value is -0.870. The highest BCUT2D eigenvalue weighted by Gasteiger charge is 2.25. The van der Waals surface area contributed by atoms with Crippen LogP contribution in [0.5, 0.6) is 0 Å². The number of hydrogen-bond donors (Lipinski definition) is 1. The Morgan fingerprint density at radius 1 is 1.47 bits per heavy atom. The molecule has 2 heterocycles. The van der Waals surface area contributed by atoms with Crippen molar-refractivity contribution < 1.29 is 5.11 Å². The highest BCUT2D eigenvalue weighted by molar-refractivity contribution is 6.30. The Morgan fingerprint density at radius 3 is 2.73 bits per heavy atom. The van der Waals surface area contributed by atoms with Crippen LogP contribution in [0.15, 0.2) is 12.4 Å². The van der Waals surface area contributed by atoms with E-state index >= 15 is 0 Å². The smallest absolute Gasteiger partial charge is 0.225 e. The van der Waals surface area contributed by atoms with E-state index in [9.17, 15) is 5.11 Å². The van der Waals surface area contributed by atoms with Crippen molar-refractivity contribution >= 4 is 17.5 Å². The third kappa shape index (κ3) is 2.38. The van der Waals surface area contributed by atoms with Crippen molar-refractivity contribution in [1.82, 2.24) is 9.97 Å². The third-order valence-corrected chi connectivity index (χ3v) is 2.94. The van der Waals surface area contributed by atoms with Gasteiger partial charge in [-0.3, -0.25) is 0 Å². The van der Waals surface area contributed by atoms with Crippen molar-refractivity contribution in [3.63, 3.8) is 0 Å². The quantitative estimate of drug-likeness (QED) is 0.787. The lowest BCUT2D eigenvalue weighted by Crippen LogP contribution is -2.42. The van der Waals surface area contributed by atoms with Crippen LogP contribution in [0.3, 0.4) is 0 Å². The Labute approximate surface area is 93.9 Å². The average Bonchev–Trinajstić information content (AvgIpc) is 2.23. The molecule has 1 aliphatic heterocycles. The summed E-state index contributed by atoms with van der Waals surface area (Å²) in [6, 6.07) is 0. The molecule has 1 aromatic rings. The maximum Gasteiger partial charge on any atom is 0.225 e. The van der Waals surface area contributed by atoms with Gasteiger partial charge in [0.25, 0.3) is 0 Å². The minimum Gasteiger partial charge on any atom is -0.393 e. The molecule has 2 atom stereocenters. The number of hydrogen-bond acceptors (Lipinski definition) is 4. The van der Waals surface area contributed by atoms with E-state index in [2.05, 4.69) is 14.9 Å². The molecule has 82 valence electrons. The zero-order valence-corrected chi connectivity index (χ0v) is 9.35. The van der Waals surface area contributed by atoms with Gasteiger partial charge in [-0.2, -0.15) is 0 Å². The SMILES string of the molecule is CC1CN(c2ncc(Cl)cn2)CCC1O. The molecule has 0 bridgehead atoms. The normalized spacial score (nSPS) is 26.7. The topological polar surface area (TPSA) is 49.2 Å². The number of anilines is 1. The second-order valence-corrected chi connectivity index (χ2v) is 4.42. The fourth-order valence-electron chi connectivity index (χ4n) is 1.78. The van der Waals surface area contributed by atoms with Crippen molar-refractivity contribution in [2.24, 2.45) is 5.92 Å². The molecule has 5 heteroatoms. The monoisotopic (exact) mass is 227 g/mol. The molecule has 1 aromatic heterocycles. The van der Waals surface area contributed by atoms with Crippen LogP contribution >= 0.6 is 11.6 Å². The van der Waals surface area contributed by atoms with E-state index in [-0.39, 0.29) is 12.0 Å². The summed E-state index contributed by atoms with van der Waals surface area (Å²) in [7, 11) is 0. The summed E-state index contributed by atoms with van der Waals surface area (Å²) in [5.41, 5.74) is 0. The number of aromatic nitrogens is 2. The highest BCUT2D eigenvalue weighted by Crippen LogP contribution is 2.20. The standard InChI is InChI=1S/C10H14ClN3O/c1-7-6-14(3-2-9(7)15)10-12-4-8(11)5-13-10/h4-5,7,9,15H,2-3,6H2,1H3. The van der Waals surface area contributed by atoms with Crippen LogP contribution in [0.25, 0.3) is 0 Å². The summed E-state index contributed by atoms with van der Waals surface area (Å²) in [6.07, 6.45) is 3.76. The molecule has 1 saturated heterocycles. The van der Waals surface area contributed by atoms with Gasteiger partial charge in [-0.1, -0.05) is 18.5 Å². The van der Waals surface area contributed by atoms with Crippen LogP contribution in [0, 0.1) is 5.92 Å². The number of halogens is 1. The van der Waals surface area contributed by atoms with Crippen molar-refractivity contribution in [3.05, 3.63) is 17.4 Å². The van der Waals surface area contributed by atoms with Crippen molar-refractivity contribution in [3.8, 4) is 0 Å². The van der Waals surface area contributed by atoms with E-state index < -0.39 is 0 Å². The predicted molar refractivity (Wildman–Crippen MR) is 59.0 cm³/mol. The van der Waals surface area contributed by atoms with Gasteiger partial charge in [-0.25, -0.2) is 9.97 Å². The largest absolute Gasteiger partial charge is 0.393 e. The number of piperidine rings is 1. The van der Waals surface area contributed by atoms with Gasteiger partial charge in [0.05, 0.1) is 23.5 Å². The van der Waals surface area contributed by atoms with Crippen LogP contribution in [0.1, 0.15) is 13.3 Å². The lowest BCUT2D eigenvalue weighted by Gasteiger charge is -2.34. The maximum atomic E-state index is 9.60. The summed E-state index contributed by atoms with van der Waals surface area (Å²) in [4.78, 5) is 10.4.